The highest BCUT2D eigenvalue weighted by Gasteiger charge is 2.29. The SMILES string of the molecule is Cn1cc(-c2cnc3cnc(NC(=O)C4CC4)cc3c2)nn1. The maximum Gasteiger partial charge on any atom is 0.228 e. The van der Waals surface area contributed by atoms with Gasteiger partial charge in [0, 0.05) is 30.1 Å². The molecule has 1 amide bonds. The minimum atomic E-state index is 0.0462. The maximum atomic E-state index is 11.8. The number of hydrogen-bond acceptors (Lipinski definition) is 5. The van der Waals surface area contributed by atoms with Crippen LogP contribution in [0, 0.1) is 5.92 Å². The third-order valence-corrected chi connectivity index (χ3v) is 3.67. The molecule has 1 fully saturated rings. The first-order valence-electron chi connectivity index (χ1n) is 7.12. The molecule has 1 N–H and O–H groups in total. The number of amides is 1. The van der Waals surface area contributed by atoms with Crippen LogP contribution in [0.3, 0.4) is 0 Å². The van der Waals surface area contributed by atoms with E-state index in [0.717, 1.165) is 35.0 Å². The van der Waals surface area contributed by atoms with Gasteiger partial charge in [0.05, 0.1) is 17.9 Å². The quantitative estimate of drug-likeness (QED) is 0.795. The van der Waals surface area contributed by atoms with Crippen molar-refractivity contribution in [2.45, 2.75) is 12.8 Å². The minimum Gasteiger partial charge on any atom is -0.310 e. The number of nitrogens with one attached hydrogen (secondary N) is 1. The summed E-state index contributed by atoms with van der Waals surface area (Å²) in [5, 5.41) is 11.8. The van der Waals surface area contributed by atoms with Crippen molar-refractivity contribution in [3.05, 3.63) is 30.7 Å². The molecule has 0 spiro atoms. The van der Waals surface area contributed by atoms with Gasteiger partial charge in [0.2, 0.25) is 5.91 Å². The van der Waals surface area contributed by atoms with Crippen molar-refractivity contribution in [1.82, 2.24) is 25.0 Å². The van der Waals surface area contributed by atoms with Crippen molar-refractivity contribution < 1.29 is 4.79 Å². The highest BCUT2D eigenvalue weighted by atomic mass is 16.2. The number of carbonyl (C=O) groups excluding carboxylic acids is 1. The molecule has 22 heavy (non-hydrogen) atoms. The van der Waals surface area contributed by atoms with Crippen LogP contribution in [0.5, 0.6) is 0 Å². The Hall–Kier alpha value is -2.83. The largest absolute Gasteiger partial charge is 0.310 e. The molecule has 3 heterocycles. The molecule has 1 saturated carbocycles. The van der Waals surface area contributed by atoms with E-state index in [2.05, 4.69) is 25.6 Å². The second kappa shape index (κ2) is 4.87. The molecule has 4 rings (SSSR count). The number of anilines is 1. The first-order chi connectivity index (χ1) is 10.7. The van der Waals surface area contributed by atoms with Gasteiger partial charge in [-0.15, -0.1) is 5.10 Å². The number of nitrogens with zero attached hydrogens (tertiary/aromatic N) is 5. The van der Waals surface area contributed by atoms with Crippen LogP contribution in [0.4, 0.5) is 5.82 Å². The monoisotopic (exact) mass is 294 g/mol. The van der Waals surface area contributed by atoms with E-state index in [1.54, 1.807) is 17.1 Å². The van der Waals surface area contributed by atoms with Crippen LogP contribution >= 0.6 is 0 Å². The summed E-state index contributed by atoms with van der Waals surface area (Å²) in [5.41, 5.74) is 2.42. The summed E-state index contributed by atoms with van der Waals surface area (Å²) in [5.74, 6) is 0.758. The summed E-state index contributed by atoms with van der Waals surface area (Å²) in [4.78, 5) is 20.4. The lowest BCUT2D eigenvalue weighted by atomic mass is 10.1. The van der Waals surface area contributed by atoms with E-state index in [1.165, 1.54) is 0 Å². The fourth-order valence-electron chi connectivity index (χ4n) is 2.29. The molecule has 0 unspecified atom stereocenters. The first-order valence-corrected chi connectivity index (χ1v) is 7.12. The van der Waals surface area contributed by atoms with Gasteiger partial charge in [-0.1, -0.05) is 5.21 Å². The molecule has 1 aliphatic rings. The molecular formula is C15H14N6O. The molecule has 0 bridgehead atoms. The van der Waals surface area contributed by atoms with Crippen molar-refractivity contribution in [3.8, 4) is 11.3 Å². The molecule has 0 saturated heterocycles. The van der Waals surface area contributed by atoms with Crippen molar-refractivity contribution in [1.29, 1.82) is 0 Å². The van der Waals surface area contributed by atoms with E-state index in [-0.39, 0.29) is 11.8 Å². The van der Waals surface area contributed by atoms with Gasteiger partial charge in [0.25, 0.3) is 0 Å². The lowest BCUT2D eigenvalue weighted by Crippen LogP contribution is -2.14. The molecule has 3 aromatic rings. The van der Waals surface area contributed by atoms with Crippen LogP contribution in [-0.2, 0) is 11.8 Å². The van der Waals surface area contributed by atoms with Gasteiger partial charge in [-0.25, -0.2) is 4.98 Å². The number of pyridine rings is 2. The Morgan fingerprint density at radius 1 is 1.27 bits per heavy atom. The van der Waals surface area contributed by atoms with E-state index >= 15 is 0 Å². The summed E-state index contributed by atoms with van der Waals surface area (Å²) in [6.45, 7) is 0. The van der Waals surface area contributed by atoms with Gasteiger partial charge in [0.1, 0.15) is 11.5 Å². The second-order valence-corrected chi connectivity index (χ2v) is 5.53. The third-order valence-electron chi connectivity index (χ3n) is 3.67. The van der Waals surface area contributed by atoms with Crippen LogP contribution in [-0.4, -0.2) is 30.9 Å². The van der Waals surface area contributed by atoms with E-state index in [4.69, 9.17) is 0 Å². The van der Waals surface area contributed by atoms with E-state index < -0.39 is 0 Å². The Labute approximate surface area is 126 Å². The van der Waals surface area contributed by atoms with E-state index in [0.29, 0.717) is 5.82 Å². The molecule has 7 nitrogen and oxygen atoms in total. The van der Waals surface area contributed by atoms with Crippen LogP contribution in [0.1, 0.15) is 12.8 Å². The normalized spacial score (nSPS) is 14.2. The summed E-state index contributed by atoms with van der Waals surface area (Å²) < 4.78 is 1.65. The fraction of sp³-hybridized carbons (Fsp3) is 0.267. The van der Waals surface area contributed by atoms with Gasteiger partial charge in [-0.3, -0.25) is 14.5 Å². The number of hydrogen-bond donors (Lipinski definition) is 1. The highest BCUT2D eigenvalue weighted by Crippen LogP contribution is 2.30. The Morgan fingerprint density at radius 2 is 2.14 bits per heavy atom. The number of fused-ring (bicyclic) bond motifs is 1. The van der Waals surface area contributed by atoms with Gasteiger partial charge in [0.15, 0.2) is 0 Å². The zero-order valence-corrected chi connectivity index (χ0v) is 12.0. The molecule has 110 valence electrons. The second-order valence-electron chi connectivity index (χ2n) is 5.53. The number of carbonyl (C=O) groups is 1. The fourth-order valence-corrected chi connectivity index (χ4v) is 2.29. The number of aryl methyl sites for hydroxylation is 1. The first kappa shape index (κ1) is 12.9. The van der Waals surface area contributed by atoms with Gasteiger partial charge >= 0.3 is 0 Å². The molecule has 0 aliphatic heterocycles. The van der Waals surface area contributed by atoms with Gasteiger partial charge in [-0.05, 0) is 25.0 Å². The van der Waals surface area contributed by atoms with Gasteiger partial charge < -0.3 is 5.32 Å². The molecule has 3 aromatic heterocycles. The number of aromatic nitrogens is 5. The summed E-state index contributed by atoms with van der Waals surface area (Å²) in [6, 6.07) is 3.81. The molecule has 0 atom stereocenters. The molecule has 1 aliphatic carbocycles. The lowest BCUT2D eigenvalue weighted by Gasteiger charge is -2.05. The Bertz CT molecular complexity index is 867. The minimum absolute atomic E-state index is 0.0462. The summed E-state index contributed by atoms with van der Waals surface area (Å²) in [6.07, 6.45) is 7.18. The predicted molar refractivity (Wildman–Crippen MR) is 80.9 cm³/mol. The Morgan fingerprint density at radius 3 is 2.86 bits per heavy atom. The van der Waals surface area contributed by atoms with Crippen molar-refractivity contribution in [2.75, 3.05) is 5.32 Å². The topological polar surface area (TPSA) is 85.6 Å². The van der Waals surface area contributed by atoms with Crippen LogP contribution in [0.25, 0.3) is 22.2 Å². The van der Waals surface area contributed by atoms with Crippen LogP contribution in [0.2, 0.25) is 0 Å². The summed E-state index contributed by atoms with van der Waals surface area (Å²) in [7, 11) is 1.82. The Balaban J connectivity index is 1.69. The van der Waals surface area contributed by atoms with Crippen molar-refractivity contribution in [2.24, 2.45) is 13.0 Å². The predicted octanol–water partition coefficient (Wildman–Crippen LogP) is 1.77. The maximum absolute atomic E-state index is 11.8. The third kappa shape index (κ3) is 2.41. The van der Waals surface area contributed by atoms with E-state index in [1.807, 2.05) is 25.4 Å². The van der Waals surface area contributed by atoms with Crippen molar-refractivity contribution in [3.63, 3.8) is 0 Å². The molecule has 0 aromatic carbocycles. The zero-order valence-electron chi connectivity index (χ0n) is 12.0. The molecular weight excluding hydrogens is 280 g/mol. The van der Waals surface area contributed by atoms with Gasteiger partial charge in [-0.2, -0.15) is 0 Å². The Kier molecular flexibility index (Phi) is 2.85. The van der Waals surface area contributed by atoms with Crippen molar-refractivity contribution >= 4 is 22.6 Å². The summed E-state index contributed by atoms with van der Waals surface area (Å²) >= 11 is 0. The highest BCUT2D eigenvalue weighted by molar-refractivity contribution is 5.95. The molecule has 0 radical (unpaired) electrons. The number of rotatable bonds is 3. The lowest BCUT2D eigenvalue weighted by molar-refractivity contribution is -0.117. The average molecular weight is 294 g/mol. The smallest absolute Gasteiger partial charge is 0.228 e. The standard InChI is InChI=1S/C15H14N6O/c1-21-8-13(19-20-21)11-4-10-5-14(17-7-12(10)16-6-11)18-15(22)9-2-3-9/h4-9H,2-3H2,1H3,(H,17,18,22). The van der Waals surface area contributed by atoms with E-state index in [9.17, 15) is 4.79 Å². The van der Waals surface area contributed by atoms with Crippen LogP contribution < -0.4 is 5.32 Å². The van der Waals surface area contributed by atoms with Crippen LogP contribution in [0.15, 0.2) is 30.7 Å². The average Bonchev–Trinajstić information content (AvgIpc) is 3.28. The zero-order chi connectivity index (χ0) is 15.1. The molecule has 7 heteroatoms.